The van der Waals surface area contributed by atoms with Crippen LogP contribution in [-0.4, -0.2) is 54.5 Å². The average molecular weight is 285 g/mol. The van der Waals surface area contributed by atoms with Crippen molar-refractivity contribution in [2.45, 2.75) is 50.7 Å². The Bertz CT molecular complexity index is 351. The van der Waals surface area contributed by atoms with Gasteiger partial charge in [0.25, 0.3) is 0 Å². The molecule has 1 aliphatic carbocycles. The first kappa shape index (κ1) is 15.1. The van der Waals surface area contributed by atoms with Crippen molar-refractivity contribution in [1.29, 1.82) is 0 Å². The lowest BCUT2D eigenvalue weighted by molar-refractivity contribution is -0.142. The number of rotatable bonds is 4. The average Bonchev–Trinajstić information content (AvgIpc) is 2.89. The van der Waals surface area contributed by atoms with Crippen LogP contribution < -0.4 is 0 Å². The van der Waals surface area contributed by atoms with Crippen LogP contribution in [0.15, 0.2) is 0 Å². The number of ether oxygens (including phenoxy) is 2. The summed E-state index contributed by atoms with van der Waals surface area (Å²) in [6.45, 7) is 1.05. The number of esters is 1. The topological polar surface area (TPSA) is 76.1 Å². The van der Waals surface area contributed by atoms with E-state index in [-0.39, 0.29) is 18.2 Å². The zero-order chi connectivity index (χ0) is 14.5. The van der Waals surface area contributed by atoms with E-state index >= 15 is 0 Å². The van der Waals surface area contributed by atoms with Gasteiger partial charge in [-0.2, -0.15) is 0 Å². The molecule has 0 spiro atoms. The summed E-state index contributed by atoms with van der Waals surface area (Å²) < 4.78 is 10.7. The molecule has 1 unspecified atom stereocenters. The van der Waals surface area contributed by atoms with E-state index in [1.165, 1.54) is 12.0 Å². The van der Waals surface area contributed by atoms with Gasteiger partial charge in [0.05, 0.1) is 25.9 Å². The summed E-state index contributed by atoms with van der Waals surface area (Å²) in [6.07, 6.45) is 4.53. The summed E-state index contributed by atoms with van der Waals surface area (Å²) >= 11 is 0. The lowest BCUT2D eigenvalue weighted by Crippen LogP contribution is -2.31. The predicted molar refractivity (Wildman–Crippen MR) is 71.5 cm³/mol. The van der Waals surface area contributed by atoms with Gasteiger partial charge in [0.2, 0.25) is 0 Å². The molecule has 1 saturated carbocycles. The SMILES string of the molecule is COC(=O)CC1CCC(OC2CCN(C(=O)O)C2)CC1. The standard InChI is InChI=1S/C14H23NO5/c1-19-13(16)8-10-2-4-11(5-3-10)20-12-6-7-15(9-12)14(17)18/h10-12H,2-9H2,1H3,(H,17,18). The van der Waals surface area contributed by atoms with E-state index in [1.54, 1.807) is 0 Å². The molecule has 0 bridgehead atoms. The number of carboxylic acid groups (broad SMARTS) is 1. The zero-order valence-corrected chi connectivity index (χ0v) is 11.9. The Balaban J connectivity index is 1.67. The van der Waals surface area contributed by atoms with Gasteiger partial charge in [-0.3, -0.25) is 4.79 Å². The second-order valence-corrected chi connectivity index (χ2v) is 5.70. The number of carbonyl (C=O) groups is 2. The van der Waals surface area contributed by atoms with E-state index in [1.807, 2.05) is 0 Å². The lowest BCUT2D eigenvalue weighted by atomic mass is 9.85. The summed E-state index contributed by atoms with van der Waals surface area (Å²) in [4.78, 5) is 23.5. The van der Waals surface area contributed by atoms with Crippen molar-refractivity contribution < 1.29 is 24.2 Å². The van der Waals surface area contributed by atoms with Gasteiger partial charge in [-0.1, -0.05) is 0 Å². The molecule has 0 radical (unpaired) electrons. The van der Waals surface area contributed by atoms with Crippen LogP contribution in [0.1, 0.15) is 38.5 Å². The van der Waals surface area contributed by atoms with Crippen LogP contribution in [-0.2, 0) is 14.3 Å². The quantitative estimate of drug-likeness (QED) is 0.798. The molecule has 1 aliphatic heterocycles. The summed E-state index contributed by atoms with van der Waals surface area (Å²) in [5, 5.41) is 8.91. The summed E-state index contributed by atoms with van der Waals surface area (Å²) in [5.74, 6) is 0.267. The van der Waals surface area contributed by atoms with Crippen LogP contribution in [0.5, 0.6) is 0 Å². The molecule has 2 fully saturated rings. The van der Waals surface area contributed by atoms with Crippen molar-refractivity contribution in [2.75, 3.05) is 20.2 Å². The van der Waals surface area contributed by atoms with Crippen LogP contribution in [0.25, 0.3) is 0 Å². The van der Waals surface area contributed by atoms with Crippen molar-refractivity contribution in [3.8, 4) is 0 Å². The number of hydrogen-bond donors (Lipinski definition) is 1. The maximum Gasteiger partial charge on any atom is 0.407 e. The molecule has 0 aromatic carbocycles. The van der Waals surface area contributed by atoms with Gasteiger partial charge < -0.3 is 19.5 Å². The van der Waals surface area contributed by atoms with Crippen LogP contribution >= 0.6 is 0 Å². The molecule has 2 aliphatic rings. The number of likely N-dealkylation sites (tertiary alicyclic amines) is 1. The van der Waals surface area contributed by atoms with Gasteiger partial charge in [-0.15, -0.1) is 0 Å². The Kier molecular flexibility index (Phi) is 5.23. The molecular weight excluding hydrogens is 262 g/mol. The largest absolute Gasteiger partial charge is 0.469 e. The first-order valence-electron chi connectivity index (χ1n) is 7.28. The minimum atomic E-state index is -0.863. The van der Waals surface area contributed by atoms with Crippen molar-refractivity contribution in [3.63, 3.8) is 0 Å². The normalized spacial score (nSPS) is 30.2. The Morgan fingerprint density at radius 3 is 2.40 bits per heavy atom. The molecule has 0 aromatic rings. The maximum absolute atomic E-state index is 11.2. The summed E-state index contributed by atoms with van der Waals surface area (Å²) in [6, 6.07) is 0. The van der Waals surface area contributed by atoms with Crippen LogP contribution in [0.3, 0.4) is 0 Å². The molecule has 20 heavy (non-hydrogen) atoms. The fourth-order valence-electron chi connectivity index (χ4n) is 3.08. The molecule has 6 heteroatoms. The number of hydrogen-bond acceptors (Lipinski definition) is 4. The first-order chi connectivity index (χ1) is 9.58. The van der Waals surface area contributed by atoms with Crippen LogP contribution in [0.4, 0.5) is 4.79 Å². The van der Waals surface area contributed by atoms with E-state index in [2.05, 4.69) is 0 Å². The Hall–Kier alpha value is -1.30. The summed E-state index contributed by atoms with van der Waals surface area (Å²) in [5.41, 5.74) is 0. The Morgan fingerprint density at radius 2 is 1.85 bits per heavy atom. The highest BCUT2D eigenvalue weighted by Gasteiger charge is 2.30. The van der Waals surface area contributed by atoms with Gasteiger partial charge in [-0.05, 0) is 38.0 Å². The third-order valence-corrected chi connectivity index (χ3v) is 4.28. The number of methoxy groups -OCH3 is 1. The van der Waals surface area contributed by atoms with Crippen molar-refractivity contribution >= 4 is 12.1 Å². The molecule has 1 amide bonds. The minimum absolute atomic E-state index is 0.0354. The second-order valence-electron chi connectivity index (χ2n) is 5.70. The molecule has 6 nitrogen and oxygen atoms in total. The molecule has 1 atom stereocenters. The zero-order valence-electron chi connectivity index (χ0n) is 11.9. The van der Waals surface area contributed by atoms with E-state index in [9.17, 15) is 9.59 Å². The highest BCUT2D eigenvalue weighted by Crippen LogP contribution is 2.30. The third-order valence-electron chi connectivity index (χ3n) is 4.28. The summed E-state index contributed by atoms with van der Waals surface area (Å²) in [7, 11) is 1.42. The molecule has 2 rings (SSSR count). The van der Waals surface area contributed by atoms with Gasteiger partial charge in [0.15, 0.2) is 0 Å². The van der Waals surface area contributed by atoms with E-state index in [0.717, 1.165) is 32.1 Å². The molecule has 1 heterocycles. The van der Waals surface area contributed by atoms with Crippen molar-refractivity contribution in [3.05, 3.63) is 0 Å². The highest BCUT2D eigenvalue weighted by atomic mass is 16.5. The van der Waals surface area contributed by atoms with Gasteiger partial charge in [0.1, 0.15) is 0 Å². The van der Waals surface area contributed by atoms with Gasteiger partial charge >= 0.3 is 12.1 Å². The molecule has 114 valence electrons. The molecule has 1 N–H and O–H groups in total. The van der Waals surface area contributed by atoms with Gasteiger partial charge in [-0.25, -0.2) is 4.79 Å². The maximum atomic E-state index is 11.2. The smallest absolute Gasteiger partial charge is 0.407 e. The molecule has 0 aromatic heterocycles. The second kappa shape index (κ2) is 6.92. The van der Waals surface area contributed by atoms with E-state index in [4.69, 9.17) is 14.6 Å². The molecular formula is C14H23NO5. The van der Waals surface area contributed by atoms with Crippen molar-refractivity contribution in [2.24, 2.45) is 5.92 Å². The first-order valence-corrected chi connectivity index (χ1v) is 7.28. The van der Waals surface area contributed by atoms with E-state index in [0.29, 0.717) is 25.4 Å². The molecule has 1 saturated heterocycles. The monoisotopic (exact) mass is 285 g/mol. The van der Waals surface area contributed by atoms with Crippen LogP contribution in [0, 0.1) is 5.92 Å². The van der Waals surface area contributed by atoms with Crippen molar-refractivity contribution in [1.82, 2.24) is 4.90 Å². The Labute approximate surface area is 119 Å². The fraction of sp³-hybridized carbons (Fsp3) is 0.857. The minimum Gasteiger partial charge on any atom is -0.469 e. The Morgan fingerprint density at radius 1 is 1.15 bits per heavy atom. The van der Waals surface area contributed by atoms with E-state index < -0.39 is 6.09 Å². The van der Waals surface area contributed by atoms with Gasteiger partial charge in [0, 0.05) is 13.0 Å². The third kappa shape index (κ3) is 4.10. The predicted octanol–water partition coefficient (Wildman–Crippen LogP) is 1.88. The van der Waals surface area contributed by atoms with Crippen LogP contribution in [0.2, 0.25) is 0 Å². The number of carbonyl (C=O) groups excluding carboxylic acids is 1. The lowest BCUT2D eigenvalue weighted by Gasteiger charge is -2.29. The number of amides is 1. The number of nitrogens with zero attached hydrogens (tertiary/aromatic N) is 1. The highest BCUT2D eigenvalue weighted by molar-refractivity contribution is 5.69. The fourth-order valence-corrected chi connectivity index (χ4v) is 3.08.